The number of benzene rings is 2. The first-order valence-electron chi connectivity index (χ1n) is 10.4. The zero-order valence-corrected chi connectivity index (χ0v) is 17.7. The molecule has 0 aromatic heterocycles. The first-order valence-corrected chi connectivity index (χ1v) is 10.4. The molecule has 0 spiro atoms. The van der Waals surface area contributed by atoms with Crippen LogP contribution in [-0.4, -0.2) is 52.9 Å². The predicted molar refractivity (Wildman–Crippen MR) is 114 cm³/mol. The second kappa shape index (κ2) is 10.3. The van der Waals surface area contributed by atoms with Crippen LogP contribution in [0, 0.1) is 0 Å². The van der Waals surface area contributed by atoms with E-state index in [1.165, 1.54) is 20.9 Å². The normalized spacial score (nSPS) is 18.9. The minimum atomic E-state index is 0.0941. The average Bonchev–Trinajstić information content (AvgIpc) is 2.75. The fourth-order valence-corrected chi connectivity index (χ4v) is 3.89. The maximum absolute atomic E-state index is 12.4. The molecule has 1 aliphatic rings. The maximum atomic E-state index is 12.4. The van der Waals surface area contributed by atoms with Gasteiger partial charge in [0.05, 0.1) is 14.2 Å². The number of methoxy groups -OCH3 is 2. The summed E-state index contributed by atoms with van der Waals surface area (Å²) in [4.78, 5) is 15.3. The first kappa shape index (κ1) is 21.1. The summed E-state index contributed by atoms with van der Waals surface area (Å²) >= 11 is 0. The Morgan fingerprint density at radius 3 is 2.34 bits per heavy atom. The lowest BCUT2D eigenvalue weighted by molar-refractivity contribution is -1.02. The molecule has 29 heavy (non-hydrogen) atoms. The van der Waals surface area contributed by atoms with Crippen LogP contribution in [0.3, 0.4) is 0 Å². The lowest BCUT2D eigenvalue weighted by Gasteiger charge is -2.29. The number of carbonyl (C=O) groups excluding carboxylic acids is 1. The van der Waals surface area contributed by atoms with Gasteiger partial charge in [-0.15, -0.1) is 0 Å². The minimum Gasteiger partial charge on any atom is -0.493 e. The number of aryl methyl sites for hydroxylation is 1. The summed E-state index contributed by atoms with van der Waals surface area (Å²) in [6.07, 6.45) is 0.972. The number of amides is 1. The Kier molecular flexibility index (Phi) is 7.49. The molecule has 0 radical (unpaired) electrons. The number of carbonyl (C=O) groups is 1. The Bertz CT molecular complexity index is 817. The number of anilines is 1. The topological polar surface area (TPSA) is 56.4 Å². The van der Waals surface area contributed by atoms with Crippen molar-refractivity contribution < 1.29 is 24.1 Å². The van der Waals surface area contributed by atoms with E-state index in [-0.39, 0.29) is 5.91 Å². The van der Waals surface area contributed by atoms with E-state index in [9.17, 15) is 4.79 Å². The van der Waals surface area contributed by atoms with Gasteiger partial charge in [-0.05, 0) is 42.3 Å². The lowest BCUT2D eigenvalue weighted by Crippen LogP contribution is -3.28. The molecule has 0 bridgehead atoms. The standard InChI is InChI=1S/C23H31N3O3/c1-4-18-6-5-7-20(14-18)24-23(27)17-26-12-10-25(11-13-26)16-19-8-9-21(28-2)22(15-19)29-3/h5-9,14-15H,4,10-13,16-17H2,1-3H3,(H,24,27)/p+2. The summed E-state index contributed by atoms with van der Waals surface area (Å²) in [5, 5.41) is 3.05. The molecule has 1 heterocycles. The van der Waals surface area contributed by atoms with Crippen molar-refractivity contribution >= 4 is 11.6 Å². The highest BCUT2D eigenvalue weighted by molar-refractivity contribution is 5.91. The van der Waals surface area contributed by atoms with Crippen molar-refractivity contribution in [1.82, 2.24) is 0 Å². The molecule has 2 aromatic rings. The van der Waals surface area contributed by atoms with Gasteiger partial charge < -0.3 is 24.6 Å². The van der Waals surface area contributed by atoms with Crippen LogP contribution >= 0.6 is 0 Å². The summed E-state index contributed by atoms with van der Waals surface area (Å²) < 4.78 is 10.7. The van der Waals surface area contributed by atoms with Crippen LogP contribution in [0.5, 0.6) is 11.5 Å². The molecule has 2 aromatic carbocycles. The van der Waals surface area contributed by atoms with Crippen LogP contribution < -0.4 is 24.6 Å². The first-order chi connectivity index (χ1) is 14.1. The van der Waals surface area contributed by atoms with Crippen molar-refractivity contribution in [3.63, 3.8) is 0 Å². The second-order valence-corrected chi connectivity index (χ2v) is 7.64. The molecule has 0 unspecified atom stereocenters. The Labute approximate surface area is 173 Å². The zero-order chi connectivity index (χ0) is 20.6. The number of hydrogen-bond acceptors (Lipinski definition) is 3. The molecule has 1 amide bonds. The van der Waals surface area contributed by atoms with Gasteiger partial charge in [0.1, 0.15) is 32.7 Å². The van der Waals surface area contributed by atoms with Crippen LogP contribution in [-0.2, 0) is 17.8 Å². The van der Waals surface area contributed by atoms with Gasteiger partial charge in [-0.25, -0.2) is 0 Å². The summed E-state index contributed by atoms with van der Waals surface area (Å²) in [7, 11) is 3.32. The minimum absolute atomic E-state index is 0.0941. The molecule has 1 aliphatic heterocycles. The molecular formula is C23H33N3O3+2. The molecule has 1 saturated heterocycles. The number of quaternary nitrogens is 2. The van der Waals surface area contributed by atoms with Crippen LogP contribution in [0.1, 0.15) is 18.1 Å². The highest BCUT2D eigenvalue weighted by atomic mass is 16.5. The lowest BCUT2D eigenvalue weighted by atomic mass is 10.1. The van der Waals surface area contributed by atoms with E-state index in [1.54, 1.807) is 14.2 Å². The molecule has 0 atom stereocenters. The monoisotopic (exact) mass is 399 g/mol. The summed E-state index contributed by atoms with van der Waals surface area (Å²) in [6.45, 7) is 7.74. The Morgan fingerprint density at radius 1 is 0.931 bits per heavy atom. The van der Waals surface area contributed by atoms with E-state index in [1.807, 2.05) is 18.2 Å². The summed E-state index contributed by atoms with van der Waals surface area (Å²) in [5.74, 6) is 1.63. The molecule has 1 fully saturated rings. The number of rotatable bonds is 8. The highest BCUT2D eigenvalue weighted by Gasteiger charge is 2.25. The van der Waals surface area contributed by atoms with Crippen molar-refractivity contribution in [2.45, 2.75) is 19.9 Å². The molecule has 6 nitrogen and oxygen atoms in total. The molecule has 6 heteroatoms. The van der Waals surface area contributed by atoms with Gasteiger partial charge in [-0.2, -0.15) is 0 Å². The van der Waals surface area contributed by atoms with E-state index in [2.05, 4.69) is 36.5 Å². The fraction of sp³-hybridized carbons (Fsp3) is 0.435. The Morgan fingerprint density at radius 2 is 1.66 bits per heavy atom. The van der Waals surface area contributed by atoms with E-state index < -0.39 is 0 Å². The van der Waals surface area contributed by atoms with E-state index >= 15 is 0 Å². The molecule has 0 aliphatic carbocycles. The quantitative estimate of drug-likeness (QED) is 0.594. The van der Waals surface area contributed by atoms with Crippen molar-refractivity contribution in [2.75, 3.05) is 52.3 Å². The molecule has 0 saturated carbocycles. The molecular weight excluding hydrogens is 366 g/mol. The van der Waals surface area contributed by atoms with Gasteiger partial charge in [0, 0.05) is 11.3 Å². The fourth-order valence-electron chi connectivity index (χ4n) is 3.89. The molecule has 3 N–H and O–H groups in total. The largest absolute Gasteiger partial charge is 0.493 e. The number of piperazine rings is 1. The highest BCUT2D eigenvalue weighted by Crippen LogP contribution is 2.27. The SMILES string of the molecule is CCc1cccc(NC(=O)C[NH+]2CC[NH+](Cc3ccc(OC)c(OC)c3)CC2)c1. The van der Waals surface area contributed by atoms with Gasteiger partial charge >= 0.3 is 0 Å². The number of hydrogen-bond donors (Lipinski definition) is 3. The van der Waals surface area contributed by atoms with Crippen molar-refractivity contribution in [3.05, 3.63) is 53.6 Å². The Hall–Kier alpha value is -2.57. The van der Waals surface area contributed by atoms with Gasteiger partial charge in [0.15, 0.2) is 18.0 Å². The third-order valence-corrected chi connectivity index (χ3v) is 5.60. The van der Waals surface area contributed by atoms with E-state index in [4.69, 9.17) is 9.47 Å². The van der Waals surface area contributed by atoms with Gasteiger partial charge in [0.2, 0.25) is 0 Å². The van der Waals surface area contributed by atoms with Gasteiger partial charge in [0.25, 0.3) is 5.91 Å². The van der Waals surface area contributed by atoms with Crippen LogP contribution in [0.2, 0.25) is 0 Å². The van der Waals surface area contributed by atoms with Gasteiger partial charge in [-0.1, -0.05) is 19.1 Å². The van der Waals surface area contributed by atoms with Gasteiger partial charge in [-0.3, -0.25) is 4.79 Å². The van der Waals surface area contributed by atoms with Crippen molar-refractivity contribution in [2.24, 2.45) is 0 Å². The van der Waals surface area contributed by atoms with Crippen molar-refractivity contribution in [1.29, 1.82) is 0 Å². The van der Waals surface area contributed by atoms with E-state index in [0.29, 0.717) is 6.54 Å². The number of ether oxygens (including phenoxy) is 2. The van der Waals surface area contributed by atoms with Crippen LogP contribution in [0.4, 0.5) is 5.69 Å². The van der Waals surface area contributed by atoms with Crippen LogP contribution in [0.25, 0.3) is 0 Å². The second-order valence-electron chi connectivity index (χ2n) is 7.64. The third-order valence-electron chi connectivity index (χ3n) is 5.60. The summed E-state index contributed by atoms with van der Waals surface area (Å²) in [6, 6.07) is 14.2. The summed E-state index contributed by atoms with van der Waals surface area (Å²) in [5.41, 5.74) is 3.38. The third kappa shape index (κ3) is 5.95. The molecule has 3 rings (SSSR count). The zero-order valence-electron chi connectivity index (χ0n) is 17.7. The van der Waals surface area contributed by atoms with Crippen LogP contribution in [0.15, 0.2) is 42.5 Å². The maximum Gasteiger partial charge on any atom is 0.279 e. The van der Waals surface area contributed by atoms with Crippen molar-refractivity contribution in [3.8, 4) is 11.5 Å². The number of nitrogens with one attached hydrogen (secondary N) is 3. The Balaban J connectivity index is 1.46. The predicted octanol–water partition coefficient (Wildman–Crippen LogP) is 0.188. The molecule has 156 valence electrons. The van der Waals surface area contributed by atoms with E-state index in [0.717, 1.165) is 56.3 Å². The smallest absolute Gasteiger partial charge is 0.279 e. The average molecular weight is 400 g/mol.